The smallest absolute Gasteiger partial charge is 0.236 e. The van der Waals surface area contributed by atoms with Crippen LogP contribution >= 0.6 is 0 Å². The second kappa shape index (κ2) is 5.12. The fourth-order valence-electron chi connectivity index (χ4n) is 1.43. The Labute approximate surface area is 93.1 Å². The van der Waals surface area contributed by atoms with Crippen molar-refractivity contribution in [3.63, 3.8) is 0 Å². The maximum absolute atomic E-state index is 12.9. The molecule has 0 spiro atoms. The molecule has 2 N–H and O–H groups in total. The number of halogens is 1. The van der Waals surface area contributed by atoms with Crippen LogP contribution in [0.25, 0.3) is 0 Å². The number of hydrogen-bond donors (Lipinski definition) is 1. The van der Waals surface area contributed by atoms with E-state index in [1.54, 1.807) is 4.90 Å². The highest BCUT2D eigenvalue weighted by atomic mass is 19.1. The average molecular weight is 221 g/mol. The second-order valence-corrected chi connectivity index (χ2v) is 3.25. The quantitative estimate of drug-likeness (QED) is 0.824. The Hall–Kier alpha value is -2.09. The van der Waals surface area contributed by atoms with Gasteiger partial charge in [0, 0.05) is 6.54 Å². The van der Waals surface area contributed by atoms with Gasteiger partial charge in [-0.15, -0.1) is 0 Å². The average Bonchev–Trinajstić information content (AvgIpc) is 2.25. The van der Waals surface area contributed by atoms with E-state index in [2.05, 4.69) is 0 Å². The lowest BCUT2D eigenvalue weighted by atomic mass is 10.1. The number of carbonyl (C=O) groups is 1. The predicted octanol–water partition coefficient (Wildman–Crippen LogP) is 1.01. The topological polar surface area (TPSA) is 70.1 Å². The molecular formula is C11H12FN3O. The molecule has 0 aliphatic heterocycles. The van der Waals surface area contributed by atoms with Crippen LogP contribution < -0.4 is 10.6 Å². The monoisotopic (exact) mass is 221 g/mol. The van der Waals surface area contributed by atoms with Gasteiger partial charge in [0.25, 0.3) is 0 Å². The lowest BCUT2D eigenvalue weighted by Crippen LogP contribution is -2.34. The largest absolute Gasteiger partial charge is 0.368 e. The van der Waals surface area contributed by atoms with Crippen LogP contribution in [0.15, 0.2) is 18.2 Å². The predicted molar refractivity (Wildman–Crippen MR) is 58.2 cm³/mol. The number of nitrogens with two attached hydrogens (primary N) is 1. The third kappa shape index (κ3) is 2.70. The first-order chi connectivity index (χ1) is 7.58. The summed E-state index contributed by atoms with van der Waals surface area (Å²) in [4.78, 5) is 12.5. The standard InChI is InChI=1S/C11H12FN3O/c1-2-15(7-11(14)16)10-4-3-9(12)5-8(10)6-13/h3-5H,2,7H2,1H3,(H2,14,16). The second-order valence-electron chi connectivity index (χ2n) is 3.25. The molecule has 0 aliphatic carbocycles. The SMILES string of the molecule is CCN(CC(N)=O)c1ccc(F)cc1C#N. The molecule has 1 amide bonds. The van der Waals surface area contributed by atoms with Gasteiger partial charge in [0.2, 0.25) is 5.91 Å². The lowest BCUT2D eigenvalue weighted by molar-refractivity contribution is -0.116. The van der Waals surface area contributed by atoms with E-state index in [0.29, 0.717) is 12.2 Å². The molecule has 16 heavy (non-hydrogen) atoms. The summed E-state index contributed by atoms with van der Waals surface area (Å²) in [7, 11) is 0. The van der Waals surface area contributed by atoms with Gasteiger partial charge in [-0.25, -0.2) is 4.39 Å². The van der Waals surface area contributed by atoms with Gasteiger partial charge in [-0.05, 0) is 25.1 Å². The first kappa shape index (κ1) is 12.0. The third-order valence-corrected chi connectivity index (χ3v) is 2.15. The fourth-order valence-corrected chi connectivity index (χ4v) is 1.43. The molecule has 0 heterocycles. The van der Waals surface area contributed by atoms with Gasteiger partial charge in [0.15, 0.2) is 0 Å². The molecule has 0 aromatic heterocycles. The molecule has 0 saturated carbocycles. The van der Waals surface area contributed by atoms with Crippen LogP contribution in [0.5, 0.6) is 0 Å². The Morgan fingerprint density at radius 3 is 2.81 bits per heavy atom. The molecule has 0 atom stereocenters. The third-order valence-electron chi connectivity index (χ3n) is 2.15. The molecule has 1 aromatic carbocycles. The molecule has 0 aliphatic rings. The molecule has 5 heteroatoms. The van der Waals surface area contributed by atoms with E-state index < -0.39 is 11.7 Å². The van der Waals surface area contributed by atoms with Crippen molar-refractivity contribution in [3.05, 3.63) is 29.6 Å². The number of nitriles is 1. The number of amides is 1. The van der Waals surface area contributed by atoms with Crippen molar-refractivity contribution in [1.29, 1.82) is 5.26 Å². The van der Waals surface area contributed by atoms with Gasteiger partial charge >= 0.3 is 0 Å². The molecule has 0 radical (unpaired) electrons. The summed E-state index contributed by atoms with van der Waals surface area (Å²) in [6.45, 7) is 2.35. The number of nitrogens with zero attached hydrogens (tertiary/aromatic N) is 2. The van der Waals surface area contributed by atoms with Crippen LogP contribution in [0.4, 0.5) is 10.1 Å². The van der Waals surface area contributed by atoms with Crippen molar-refractivity contribution >= 4 is 11.6 Å². The van der Waals surface area contributed by atoms with Crippen molar-refractivity contribution < 1.29 is 9.18 Å². The highest BCUT2D eigenvalue weighted by Crippen LogP contribution is 2.20. The van der Waals surface area contributed by atoms with Crippen molar-refractivity contribution in [2.75, 3.05) is 18.0 Å². The van der Waals surface area contributed by atoms with E-state index in [9.17, 15) is 9.18 Å². The van der Waals surface area contributed by atoms with Gasteiger partial charge in [0.1, 0.15) is 11.9 Å². The molecule has 84 valence electrons. The number of anilines is 1. The lowest BCUT2D eigenvalue weighted by Gasteiger charge is -2.22. The van der Waals surface area contributed by atoms with E-state index in [4.69, 9.17) is 11.0 Å². The van der Waals surface area contributed by atoms with E-state index >= 15 is 0 Å². The zero-order valence-corrected chi connectivity index (χ0v) is 8.90. The minimum Gasteiger partial charge on any atom is -0.368 e. The molecule has 0 saturated heterocycles. The number of likely N-dealkylation sites (N-methyl/N-ethyl adjacent to an activating group) is 1. The van der Waals surface area contributed by atoms with E-state index in [-0.39, 0.29) is 12.1 Å². The molecule has 1 aromatic rings. The summed E-state index contributed by atoms with van der Waals surface area (Å²) in [6, 6.07) is 5.75. The number of rotatable bonds is 4. The Morgan fingerprint density at radius 1 is 1.62 bits per heavy atom. The maximum Gasteiger partial charge on any atom is 0.236 e. The van der Waals surface area contributed by atoms with E-state index in [1.165, 1.54) is 12.1 Å². The Bertz CT molecular complexity index is 439. The van der Waals surface area contributed by atoms with Crippen LogP contribution in [0, 0.1) is 17.1 Å². The minimum atomic E-state index is -0.491. The molecule has 1 rings (SSSR count). The van der Waals surface area contributed by atoms with E-state index in [0.717, 1.165) is 6.07 Å². The van der Waals surface area contributed by atoms with Crippen molar-refractivity contribution in [2.24, 2.45) is 5.73 Å². The number of hydrogen-bond acceptors (Lipinski definition) is 3. The molecular weight excluding hydrogens is 209 g/mol. The van der Waals surface area contributed by atoms with Crippen molar-refractivity contribution in [3.8, 4) is 6.07 Å². The Balaban J connectivity index is 3.10. The first-order valence-corrected chi connectivity index (χ1v) is 4.81. The summed E-state index contributed by atoms with van der Waals surface area (Å²) in [5.41, 5.74) is 5.81. The van der Waals surface area contributed by atoms with Crippen LogP contribution in [-0.2, 0) is 4.79 Å². The fraction of sp³-hybridized carbons (Fsp3) is 0.273. The highest BCUT2D eigenvalue weighted by molar-refractivity contribution is 5.80. The molecule has 4 nitrogen and oxygen atoms in total. The van der Waals surface area contributed by atoms with Gasteiger partial charge in [-0.1, -0.05) is 0 Å². The van der Waals surface area contributed by atoms with Crippen molar-refractivity contribution in [1.82, 2.24) is 0 Å². The summed E-state index contributed by atoms with van der Waals surface area (Å²) in [6.07, 6.45) is 0. The maximum atomic E-state index is 12.9. The summed E-state index contributed by atoms with van der Waals surface area (Å²) >= 11 is 0. The Kier molecular flexibility index (Phi) is 3.84. The number of benzene rings is 1. The van der Waals surface area contributed by atoms with Crippen LogP contribution in [0.1, 0.15) is 12.5 Å². The van der Waals surface area contributed by atoms with E-state index in [1.807, 2.05) is 13.0 Å². The van der Waals surface area contributed by atoms with Crippen LogP contribution in [-0.4, -0.2) is 19.0 Å². The van der Waals surface area contributed by atoms with Gasteiger partial charge < -0.3 is 10.6 Å². The first-order valence-electron chi connectivity index (χ1n) is 4.81. The van der Waals surface area contributed by atoms with Gasteiger partial charge in [-0.3, -0.25) is 4.79 Å². The highest BCUT2D eigenvalue weighted by Gasteiger charge is 2.12. The number of primary amides is 1. The normalized spacial score (nSPS) is 9.56. The summed E-state index contributed by atoms with van der Waals surface area (Å²) in [5.74, 6) is -0.967. The molecule has 0 unspecified atom stereocenters. The van der Waals surface area contributed by atoms with Crippen LogP contribution in [0.2, 0.25) is 0 Å². The summed E-state index contributed by atoms with van der Waals surface area (Å²) in [5, 5.41) is 8.86. The zero-order chi connectivity index (χ0) is 12.1. The number of carbonyl (C=O) groups excluding carboxylic acids is 1. The molecule has 0 bridgehead atoms. The minimum absolute atomic E-state index is 0.0107. The van der Waals surface area contributed by atoms with Crippen molar-refractivity contribution in [2.45, 2.75) is 6.92 Å². The zero-order valence-electron chi connectivity index (χ0n) is 8.90. The van der Waals surface area contributed by atoms with Crippen LogP contribution in [0.3, 0.4) is 0 Å². The molecule has 0 fully saturated rings. The summed E-state index contributed by atoms with van der Waals surface area (Å²) < 4.78 is 12.9. The van der Waals surface area contributed by atoms with Gasteiger partial charge in [0.05, 0.1) is 17.8 Å². The Morgan fingerprint density at radius 2 is 2.31 bits per heavy atom. The van der Waals surface area contributed by atoms with Gasteiger partial charge in [-0.2, -0.15) is 5.26 Å².